The maximum atomic E-state index is 14.8. The van der Waals surface area contributed by atoms with Crippen LogP contribution in [0.5, 0.6) is 0 Å². The Morgan fingerprint density at radius 3 is 2.09 bits per heavy atom. The van der Waals surface area contributed by atoms with Crippen molar-refractivity contribution in [1.82, 2.24) is 0 Å². The highest BCUT2D eigenvalue weighted by molar-refractivity contribution is 5.88. The molecule has 0 spiro atoms. The molecule has 33 heavy (non-hydrogen) atoms. The first kappa shape index (κ1) is 24.0. The van der Waals surface area contributed by atoms with Gasteiger partial charge in [-0.2, -0.15) is 0 Å². The standard InChI is InChI=1S/C32H41F/c1-3-5-6-8-24-9-11-25(12-10-24)13-14-26-15-17-27(18-16-26)29-21-22-31-30(23-29)20-19-28(7-4-2)32(31)33/h15-25H,3-14H2,1-2H3. The van der Waals surface area contributed by atoms with Crippen molar-refractivity contribution in [3.05, 3.63) is 71.5 Å². The van der Waals surface area contributed by atoms with Crippen molar-refractivity contribution in [3.63, 3.8) is 0 Å². The molecule has 0 saturated heterocycles. The van der Waals surface area contributed by atoms with E-state index in [4.69, 9.17) is 0 Å². The Hall–Kier alpha value is -2.15. The number of unbranched alkanes of at least 4 members (excludes halogenated alkanes) is 2. The molecule has 1 aliphatic carbocycles. The van der Waals surface area contributed by atoms with Gasteiger partial charge in [-0.3, -0.25) is 0 Å². The molecule has 0 unspecified atom stereocenters. The van der Waals surface area contributed by atoms with Gasteiger partial charge in [0.1, 0.15) is 5.82 Å². The van der Waals surface area contributed by atoms with E-state index in [1.165, 1.54) is 75.3 Å². The zero-order chi connectivity index (χ0) is 23.0. The fourth-order valence-electron chi connectivity index (χ4n) is 5.71. The third kappa shape index (κ3) is 6.25. The predicted octanol–water partition coefficient (Wildman–Crippen LogP) is 9.92. The molecule has 0 amide bonds. The van der Waals surface area contributed by atoms with Crippen LogP contribution in [-0.2, 0) is 12.8 Å². The van der Waals surface area contributed by atoms with Gasteiger partial charge in [-0.05, 0) is 64.8 Å². The molecule has 3 aromatic carbocycles. The summed E-state index contributed by atoms with van der Waals surface area (Å²) in [5, 5.41) is 1.72. The summed E-state index contributed by atoms with van der Waals surface area (Å²) in [5.41, 5.74) is 4.65. The highest BCUT2D eigenvalue weighted by atomic mass is 19.1. The first-order valence-corrected chi connectivity index (χ1v) is 13.5. The number of benzene rings is 3. The number of hydrogen-bond donors (Lipinski definition) is 0. The molecule has 1 saturated carbocycles. The minimum atomic E-state index is -0.0498. The Balaban J connectivity index is 1.32. The topological polar surface area (TPSA) is 0 Å². The van der Waals surface area contributed by atoms with E-state index in [-0.39, 0.29) is 5.82 Å². The Morgan fingerprint density at radius 2 is 1.39 bits per heavy atom. The molecule has 3 aromatic rings. The largest absolute Gasteiger partial charge is 0.206 e. The summed E-state index contributed by atoms with van der Waals surface area (Å²) in [7, 11) is 0. The normalized spacial score (nSPS) is 18.6. The van der Waals surface area contributed by atoms with Crippen molar-refractivity contribution >= 4 is 10.8 Å². The Kier molecular flexibility index (Phi) is 8.59. The third-order valence-corrected chi connectivity index (χ3v) is 7.86. The molecule has 1 heteroatoms. The molecule has 4 rings (SSSR count). The van der Waals surface area contributed by atoms with E-state index < -0.39 is 0 Å². The second kappa shape index (κ2) is 11.8. The minimum Gasteiger partial charge on any atom is -0.206 e. The average Bonchev–Trinajstić information content (AvgIpc) is 2.86. The summed E-state index contributed by atoms with van der Waals surface area (Å²) in [6.45, 7) is 4.39. The van der Waals surface area contributed by atoms with Gasteiger partial charge in [-0.25, -0.2) is 4.39 Å². The van der Waals surface area contributed by atoms with Crippen LogP contribution in [0.3, 0.4) is 0 Å². The SMILES string of the molecule is CCCCCC1CCC(CCc2ccc(-c3ccc4c(F)c(CCC)ccc4c3)cc2)CC1. The van der Waals surface area contributed by atoms with Gasteiger partial charge in [-0.1, -0.05) is 120 Å². The van der Waals surface area contributed by atoms with E-state index in [2.05, 4.69) is 56.3 Å². The van der Waals surface area contributed by atoms with Crippen molar-refractivity contribution in [2.75, 3.05) is 0 Å². The zero-order valence-corrected chi connectivity index (χ0v) is 20.7. The minimum absolute atomic E-state index is 0.0498. The fourth-order valence-corrected chi connectivity index (χ4v) is 5.71. The van der Waals surface area contributed by atoms with Crippen LogP contribution >= 0.6 is 0 Å². The molecule has 0 aromatic heterocycles. The predicted molar refractivity (Wildman–Crippen MR) is 141 cm³/mol. The van der Waals surface area contributed by atoms with Crippen LogP contribution in [0, 0.1) is 17.7 Å². The van der Waals surface area contributed by atoms with Gasteiger partial charge >= 0.3 is 0 Å². The van der Waals surface area contributed by atoms with E-state index in [1.54, 1.807) is 0 Å². The average molecular weight is 445 g/mol. The van der Waals surface area contributed by atoms with Gasteiger partial charge in [-0.15, -0.1) is 0 Å². The van der Waals surface area contributed by atoms with Crippen LogP contribution in [0.15, 0.2) is 54.6 Å². The number of rotatable bonds is 10. The van der Waals surface area contributed by atoms with Crippen LogP contribution in [0.25, 0.3) is 21.9 Å². The molecule has 0 aliphatic heterocycles. The highest BCUT2D eigenvalue weighted by Crippen LogP contribution is 2.34. The zero-order valence-electron chi connectivity index (χ0n) is 20.7. The Bertz CT molecular complexity index is 1010. The van der Waals surface area contributed by atoms with Crippen molar-refractivity contribution in [1.29, 1.82) is 0 Å². The summed E-state index contributed by atoms with van der Waals surface area (Å²) in [6, 6.07) is 19.2. The summed E-state index contributed by atoms with van der Waals surface area (Å²) in [5.74, 6) is 1.87. The molecule has 0 radical (unpaired) electrons. The van der Waals surface area contributed by atoms with Gasteiger partial charge in [0.25, 0.3) is 0 Å². The second-order valence-electron chi connectivity index (χ2n) is 10.3. The summed E-state index contributed by atoms with van der Waals surface area (Å²) in [6.07, 6.45) is 15.7. The Labute approximate surface area is 200 Å². The van der Waals surface area contributed by atoms with Gasteiger partial charge in [0.2, 0.25) is 0 Å². The molecule has 1 fully saturated rings. The van der Waals surface area contributed by atoms with Gasteiger partial charge in [0.05, 0.1) is 0 Å². The lowest BCUT2D eigenvalue weighted by atomic mass is 9.78. The van der Waals surface area contributed by atoms with Crippen molar-refractivity contribution < 1.29 is 4.39 Å². The summed E-state index contributed by atoms with van der Waals surface area (Å²) in [4.78, 5) is 0. The molecule has 0 atom stereocenters. The van der Waals surface area contributed by atoms with E-state index in [9.17, 15) is 4.39 Å². The number of hydrogen-bond acceptors (Lipinski definition) is 0. The first-order valence-electron chi connectivity index (χ1n) is 13.5. The first-order chi connectivity index (χ1) is 16.2. The monoisotopic (exact) mass is 444 g/mol. The quantitative estimate of drug-likeness (QED) is 0.273. The van der Waals surface area contributed by atoms with E-state index in [0.29, 0.717) is 0 Å². The molecule has 0 heterocycles. The molecular formula is C32H41F. The smallest absolute Gasteiger partial charge is 0.134 e. The molecule has 176 valence electrons. The number of aryl methyl sites for hydroxylation is 2. The molecular weight excluding hydrogens is 403 g/mol. The number of halogens is 1. The second-order valence-corrected chi connectivity index (χ2v) is 10.3. The van der Waals surface area contributed by atoms with Crippen LogP contribution in [0.1, 0.15) is 89.2 Å². The lowest BCUT2D eigenvalue weighted by molar-refractivity contribution is 0.249. The maximum absolute atomic E-state index is 14.8. The van der Waals surface area contributed by atoms with Crippen LogP contribution in [0.4, 0.5) is 4.39 Å². The van der Waals surface area contributed by atoms with E-state index in [0.717, 1.165) is 46.6 Å². The molecule has 1 aliphatic rings. The number of fused-ring (bicyclic) bond motifs is 1. The Morgan fingerprint density at radius 1 is 0.697 bits per heavy atom. The van der Waals surface area contributed by atoms with E-state index >= 15 is 0 Å². The van der Waals surface area contributed by atoms with Crippen molar-refractivity contribution in [3.8, 4) is 11.1 Å². The molecule has 0 bridgehead atoms. The van der Waals surface area contributed by atoms with Crippen LogP contribution in [-0.4, -0.2) is 0 Å². The third-order valence-electron chi connectivity index (χ3n) is 7.86. The molecule has 0 nitrogen and oxygen atoms in total. The summed E-state index contributed by atoms with van der Waals surface area (Å²) >= 11 is 0. The van der Waals surface area contributed by atoms with Gasteiger partial charge in [0, 0.05) is 5.39 Å². The van der Waals surface area contributed by atoms with Crippen LogP contribution < -0.4 is 0 Å². The lowest BCUT2D eigenvalue weighted by Gasteiger charge is -2.28. The molecule has 0 N–H and O–H groups in total. The van der Waals surface area contributed by atoms with E-state index in [1.807, 2.05) is 12.1 Å². The fraction of sp³-hybridized carbons (Fsp3) is 0.500. The highest BCUT2D eigenvalue weighted by Gasteiger charge is 2.20. The van der Waals surface area contributed by atoms with Crippen molar-refractivity contribution in [2.45, 2.75) is 90.9 Å². The summed E-state index contributed by atoms with van der Waals surface area (Å²) < 4.78 is 14.8. The maximum Gasteiger partial charge on any atom is 0.134 e. The lowest BCUT2D eigenvalue weighted by Crippen LogP contribution is -2.15. The van der Waals surface area contributed by atoms with Crippen molar-refractivity contribution in [2.24, 2.45) is 11.8 Å². The van der Waals surface area contributed by atoms with Gasteiger partial charge < -0.3 is 0 Å². The van der Waals surface area contributed by atoms with Crippen LogP contribution in [0.2, 0.25) is 0 Å². The van der Waals surface area contributed by atoms with Gasteiger partial charge in [0.15, 0.2) is 0 Å².